The van der Waals surface area contributed by atoms with Crippen LogP contribution in [0.3, 0.4) is 0 Å². The molecule has 2 nitrogen and oxygen atoms in total. The lowest BCUT2D eigenvalue weighted by Crippen LogP contribution is -1.78. The maximum Gasteiger partial charge on any atom is 0.181 e. The van der Waals surface area contributed by atoms with Gasteiger partial charge in [-0.3, -0.25) is 0 Å². The van der Waals surface area contributed by atoms with Gasteiger partial charge in [0.2, 0.25) is 0 Å². The average Bonchev–Trinajstić information content (AvgIpc) is 2.45. The molecule has 0 spiro atoms. The molecule has 1 aromatic heterocycles. The lowest BCUT2D eigenvalue weighted by Gasteiger charge is -1.80. The van der Waals surface area contributed by atoms with E-state index >= 15 is 0 Å². The van der Waals surface area contributed by atoms with Crippen molar-refractivity contribution in [2.45, 2.75) is 20.3 Å². The molecule has 13 heavy (non-hydrogen) atoms. The Morgan fingerprint density at radius 3 is 2.54 bits per heavy atom. The summed E-state index contributed by atoms with van der Waals surface area (Å²) in [6.45, 7) is 4.25. The fourth-order valence-electron chi connectivity index (χ4n) is 0.890. The van der Waals surface area contributed by atoms with Crippen LogP contribution in [0.5, 0.6) is 0 Å². The van der Waals surface area contributed by atoms with Crippen molar-refractivity contribution in [3.05, 3.63) is 24.3 Å². The van der Waals surface area contributed by atoms with E-state index in [2.05, 4.69) is 18.8 Å². The van der Waals surface area contributed by atoms with Crippen LogP contribution in [0.15, 0.2) is 24.3 Å². The van der Waals surface area contributed by atoms with Crippen LogP contribution in [0.4, 0.5) is 5.13 Å². The fourth-order valence-corrected chi connectivity index (χ4v) is 1.62. The smallest absolute Gasteiger partial charge is 0.181 e. The summed E-state index contributed by atoms with van der Waals surface area (Å²) in [6, 6.07) is 7.92. The zero-order valence-electron chi connectivity index (χ0n) is 7.95. The molecule has 0 aliphatic heterocycles. The van der Waals surface area contributed by atoms with E-state index in [1.165, 1.54) is 17.8 Å². The predicted molar refractivity (Wildman–Crippen MR) is 60.0 cm³/mol. The van der Waals surface area contributed by atoms with Crippen molar-refractivity contribution >= 4 is 26.7 Å². The minimum absolute atomic E-state index is 0.640. The molecule has 0 atom stereocenters. The summed E-state index contributed by atoms with van der Waals surface area (Å²) >= 11 is 1.52. The zero-order chi connectivity index (χ0) is 9.68. The minimum atomic E-state index is 0.640. The largest absolute Gasteiger partial charge is 0.375 e. The number of nitrogens with zero attached hydrogens (tertiary/aromatic N) is 1. The van der Waals surface area contributed by atoms with Crippen molar-refractivity contribution in [2.24, 2.45) is 0 Å². The molecule has 2 aromatic rings. The van der Waals surface area contributed by atoms with E-state index in [1.807, 2.05) is 24.3 Å². The van der Waals surface area contributed by atoms with Gasteiger partial charge in [0, 0.05) is 0 Å². The van der Waals surface area contributed by atoms with Gasteiger partial charge in [-0.15, -0.1) is 0 Å². The molecule has 0 fully saturated rings. The van der Waals surface area contributed by atoms with Gasteiger partial charge in [0.25, 0.3) is 0 Å². The molecule has 0 aliphatic rings. The van der Waals surface area contributed by atoms with Crippen LogP contribution in [-0.2, 0) is 0 Å². The molecule has 0 saturated carbocycles. The predicted octanol–water partition coefficient (Wildman–Crippen LogP) is 3.29. The molecule has 0 bridgehead atoms. The van der Waals surface area contributed by atoms with Crippen molar-refractivity contribution in [2.75, 3.05) is 5.73 Å². The molecule has 0 unspecified atom stereocenters. The van der Waals surface area contributed by atoms with Crippen molar-refractivity contribution in [1.29, 1.82) is 0 Å². The zero-order valence-corrected chi connectivity index (χ0v) is 8.77. The quantitative estimate of drug-likeness (QED) is 0.699. The standard InChI is InChI=1S/C7H6N2S.C3H8/c8-7-9-5-3-1-2-4-6(5)10-7;1-3-2/h1-4H,(H2,8,9);3H2,1-2H3. The minimum Gasteiger partial charge on any atom is -0.375 e. The molecular formula is C10H14N2S. The van der Waals surface area contributed by atoms with Gasteiger partial charge in [0.05, 0.1) is 10.2 Å². The highest BCUT2D eigenvalue weighted by Gasteiger charge is 1.96. The van der Waals surface area contributed by atoms with Gasteiger partial charge in [-0.25, -0.2) is 4.98 Å². The van der Waals surface area contributed by atoms with E-state index in [4.69, 9.17) is 5.73 Å². The third kappa shape index (κ3) is 2.70. The molecule has 0 amide bonds. The fraction of sp³-hybridized carbons (Fsp3) is 0.300. The monoisotopic (exact) mass is 194 g/mol. The first kappa shape index (κ1) is 9.99. The highest BCUT2D eigenvalue weighted by Crippen LogP contribution is 2.22. The van der Waals surface area contributed by atoms with Gasteiger partial charge in [0.15, 0.2) is 5.13 Å². The molecule has 0 radical (unpaired) electrons. The van der Waals surface area contributed by atoms with Gasteiger partial charge in [-0.1, -0.05) is 43.7 Å². The first-order chi connectivity index (χ1) is 6.27. The summed E-state index contributed by atoms with van der Waals surface area (Å²) in [6.07, 6.45) is 1.25. The maximum atomic E-state index is 5.50. The van der Waals surface area contributed by atoms with Gasteiger partial charge in [-0.2, -0.15) is 0 Å². The van der Waals surface area contributed by atoms with Crippen molar-refractivity contribution in [1.82, 2.24) is 4.98 Å². The Hall–Kier alpha value is -1.09. The van der Waals surface area contributed by atoms with Gasteiger partial charge in [-0.05, 0) is 12.1 Å². The molecule has 0 saturated heterocycles. The molecule has 0 aliphatic carbocycles. The number of rotatable bonds is 0. The molecule has 1 aromatic carbocycles. The summed E-state index contributed by atoms with van der Waals surface area (Å²) in [5.41, 5.74) is 6.49. The number of thiazole rings is 1. The highest BCUT2D eigenvalue weighted by molar-refractivity contribution is 7.22. The van der Waals surface area contributed by atoms with E-state index in [1.54, 1.807) is 0 Å². The van der Waals surface area contributed by atoms with Crippen LogP contribution in [0.25, 0.3) is 10.2 Å². The molecule has 2 rings (SSSR count). The Labute approximate surface area is 82.4 Å². The Balaban J connectivity index is 0.000000251. The first-order valence-corrected chi connectivity index (χ1v) is 5.20. The van der Waals surface area contributed by atoms with Crippen molar-refractivity contribution in [3.8, 4) is 0 Å². The molecule has 70 valence electrons. The van der Waals surface area contributed by atoms with Crippen LogP contribution in [-0.4, -0.2) is 4.98 Å². The molecular weight excluding hydrogens is 180 g/mol. The normalized spacial score (nSPS) is 9.38. The maximum absolute atomic E-state index is 5.50. The second-order valence-electron chi connectivity index (χ2n) is 2.73. The second-order valence-corrected chi connectivity index (χ2v) is 3.79. The summed E-state index contributed by atoms with van der Waals surface area (Å²) < 4.78 is 1.15. The summed E-state index contributed by atoms with van der Waals surface area (Å²) in [5.74, 6) is 0. The van der Waals surface area contributed by atoms with Crippen LogP contribution in [0, 0.1) is 0 Å². The first-order valence-electron chi connectivity index (χ1n) is 4.39. The Kier molecular flexibility index (Phi) is 3.71. The van der Waals surface area contributed by atoms with E-state index in [0.29, 0.717) is 5.13 Å². The number of para-hydroxylation sites is 1. The molecule has 2 N–H and O–H groups in total. The van der Waals surface area contributed by atoms with Crippen LogP contribution >= 0.6 is 11.3 Å². The Morgan fingerprint density at radius 1 is 1.31 bits per heavy atom. The van der Waals surface area contributed by atoms with E-state index in [-0.39, 0.29) is 0 Å². The average molecular weight is 194 g/mol. The van der Waals surface area contributed by atoms with Crippen LogP contribution in [0.2, 0.25) is 0 Å². The van der Waals surface area contributed by atoms with Crippen molar-refractivity contribution < 1.29 is 0 Å². The summed E-state index contributed by atoms with van der Waals surface area (Å²) in [5, 5.41) is 0.640. The lowest BCUT2D eigenvalue weighted by molar-refractivity contribution is 1.09. The third-order valence-corrected chi connectivity index (χ3v) is 2.18. The Bertz CT molecular complexity index is 335. The van der Waals surface area contributed by atoms with Gasteiger partial charge < -0.3 is 5.73 Å². The van der Waals surface area contributed by atoms with E-state index in [9.17, 15) is 0 Å². The summed E-state index contributed by atoms with van der Waals surface area (Å²) in [7, 11) is 0. The molecule has 3 heteroatoms. The number of nitrogens with two attached hydrogens (primary N) is 1. The van der Waals surface area contributed by atoms with Gasteiger partial charge in [0.1, 0.15) is 0 Å². The second kappa shape index (κ2) is 4.82. The van der Waals surface area contributed by atoms with Gasteiger partial charge >= 0.3 is 0 Å². The number of benzene rings is 1. The number of nitrogen functional groups attached to an aromatic ring is 1. The summed E-state index contributed by atoms with van der Waals surface area (Å²) in [4.78, 5) is 4.11. The van der Waals surface area contributed by atoms with Crippen molar-refractivity contribution in [3.63, 3.8) is 0 Å². The SMILES string of the molecule is CCC.Nc1nc2ccccc2s1. The third-order valence-electron chi connectivity index (χ3n) is 1.31. The van der Waals surface area contributed by atoms with E-state index < -0.39 is 0 Å². The number of hydrogen-bond donors (Lipinski definition) is 1. The number of anilines is 1. The number of fused-ring (bicyclic) bond motifs is 1. The number of hydrogen-bond acceptors (Lipinski definition) is 3. The Morgan fingerprint density at radius 2 is 1.92 bits per heavy atom. The van der Waals surface area contributed by atoms with Crippen LogP contribution in [0.1, 0.15) is 20.3 Å². The van der Waals surface area contributed by atoms with E-state index in [0.717, 1.165) is 10.2 Å². The highest BCUT2D eigenvalue weighted by atomic mass is 32.1. The number of aromatic nitrogens is 1. The lowest BCUT2D eigenvalue weighted by atomic mass is 10.3. The topological polar surface area (TPSA) is 38.9 Å². The van der Waals surface area contributed by atoms with Crippen LogP contribution < -0.4 is 5.73 Å². The molecule has 1 heterocycles.